The van der Waals surface area contributed by atoms with Crippen LogP contribution in [0.4, 0.5) is 0 Å². The van der Waals surface area contributed by atoms with E-state index in [9.17, 15) is 9.59 Å². The summed E-state index contributed by atoms with van der Waals surface area (Å²) in [4.78, 5) is 25.5. The Morgan fingerprint density at radius 1 is 1.06 bits per heavy atom. The number of aromatic hydroxyl groups is 1. The van der Waals surface area contributed by atoms with Crippen molar-refractivity contribution in [1.29, 1.82) is 0 Å². The van der Waals surface area contributed by atoms with Gasteiger partial charge in [0.05, 0.1) is 0 Å². The minimum atomic E-state index is -1.41. The van der Waals surface area contributed by atoms with E-state index in [-0.39, 0.29) is 5.75 Å². The van der Waals surface area contributed by atoms with Gasteiger partial charge in [-0.1, -0.05) is 0 Å². The molecule has 18 heavy (non-hydrogen) atoms. The first-order valence-corrected chi connectivity index (χ1v) is 4.84. The van der Waals surface area contributed by atoms with E-state index >= 15 is 0 Å². The molecule has 0 saturated carbocycles. The third-order valence-electron chi connectivity index (χ3n) is 2.30. The topological polar surface area (TPSA) is 113 Å². The first-order chi connectivity index (χ1) is 8.50. The average molecular weight is 248 g/mol. The van der Waals surface area contributed by atoms with E-state index in [1.165, 1.54) is 24.3 Å². The molecule has 0 atom stereocenters. The minimum absolute atomic E-state index is 0.0224. The summed E-state index contributed by atoms with van der Waals surface area (Å²) in [6, 6.07) is 5.63. The van der Waals surface area contributed by atoms with Gasteiger partial charge in [-0.25, -0.2) is 14.6 Å². The van der Waals surface area contributed by atoms with Crippen LogP contribution >= 0.6 is 0 Å². The monoisotopic (exact) mass is 248 g/mol. The van der Waals surface area contributed by atoms with Gasteiger partial charge in [0.2, 0.25) is 0 Å². The highest BCUT2D eigenvalue weighted by Gasteiger charge is 2.23. The first kappa shape index (κ1) is 11.6. The van der Waals surface area contributed by atoms with Gasteiger partial charge in [0.15, 0.2) is 11.4 Å². The van der Waals surface area contributed by atoms with Crippen molar-refractivity contribution in [3.05, 3.63) is 42.0 Å². The smallest absolute Gasteiger partial charge is 0.357 e. The quantitative estimate of drug-likeness (QED) is 0.746. The molecule has 0 radical (unpaired) electrons. The summed E-state index contributed by atoms with van der Waals surface area (Å²) in [7, 11) is 0. The first-order valence-electron chi connectivity index (χ1n) is 4.84. The lowest BCUT2D eigenvalue weighted by Gasteiger charge is -2.05. The molecule has 92 valence electrons. The second-order valence-corrected chi connectivity index (χ2v) is 3.44. The SMILES string of the molecule is O=C(O)c1ncn(-c2ccc(O)cc2)c1C(=O)O. The number of aromatic nitrogens is 2. The zero-order valence-corrected chi connectivity index (χ0v) is 8.94. The van der Waals surface area contributed by atoms with Crippen LogP contribution in [0.1, 0.15) is 21.0 Å². The van der Waals surface area contributed by atoms with Crippen molar-refractivity contribution in [2.45, 2.75) is 0 Å². The number of hydrogen-bond acceptors (Lipinski definition) is 4. The minimum Gasteiger partial charge on any atom is -0.508 e. The lowest BCUT2D eigenvalue weighted by molar-refractivity contribution is 0.0642. The van der Waals surface area contributed by atoms with E-state index in [1.54, 1.807) is 0 Å². The molecule has 7 nitrogen and oxygen atoms in total. The molecule has 1 aromatic carbocycles. The average Bonchev–Trinajstić information content (AvgIpc) is 2.74. The fraction of sp³-hybridized carbons (Fsp3) is 0. The summed E-state index contributed by atoms with van der Waals surface area (Å²) < 4.78 is 1.13. The normalized spacial score (nSPS) is 10.2. The van der Waals surface area contributed by atoms with Gasteiger partial charge in [0.1, 0.15) is 12.1 Å². The Hall–Kier alpha value is -2.83. The van der Waals surface area contributed by atoms with Crippen LogP contribution in [0.3, 0.4) is 0 Å². The highest BCUT2D eigenvalue weighted by molar-refractivity contribution is 5.99. The number of nitrogens with zero attached hydrogens (tertiary/aromatic N) is 2. The molecule has 0 aliphatic carbocycles. The van der Waals surface area contributed by atoms with E-state index in [1.807, 2.05) is 0 Å². The Kier molecular flexibility index (Phi) is 2.72. The Balaban J connectivity index is 2.61. The Morgan fingerprint density at radius 3 is 2.17 bits per heavy atom. The van der Waals surface area contributed by atoms with Gasteiger partial charge in [-0.2, -0.15) is 0 Å². The molecule has 0 bridgehead atoms. The van der Waals surface area contributed by atoms with Gasteiger partial charge in [0, 0.05) is 5.69 Å². The summed E-state index contributed by atoms with van der Waals surface area (Å²) in [5.74, 6) is -2.78. The molecule has 0 aliphatic heterocycles. The maximum Gasteiger partial charge on any atom is 0.357 e. The molecule has 0 aliphatic rings. The van der Waals surface area contributed by atoms with Crippen LogP contribution in [-0.4, -0.2) is 36.8 Å². The maximum absolute atomic E-state index is 11.1. The highest BCUT2D eigenvalue weighted by Crippen LogP contribution is 2.18. The van der Waals surface area contributed by atoms with Crippen LogP contribution in [0, 0.1) is 0 Å². The molecule has 0 fully saturated rings. The van der Waals surface area contributed by atoms with Crippen molar-refractivity contribution < 1.29 is 24.9 Å². The zero-order valence-electron chi connectivity index (χ0n) is 8.94. The van der Waals surface area contributed by atoms with Crippen LogP contribution in [0.2, 0.25) is 0 Å². The lowest BCUT2D eigenvalue weighted by Crippen LogP contribution is -2.11. The van der Waals surface area contributed by atoms with Gasteiger partial charge in [-0.05, 0) is 24.3 Å². The van der Waals surface area contributed by atoms with Crippen molar-refractivity contribution >= 4 is 11.9 Å². The van der Waals surface area contributed by atoms with E-state index in [0.717, 1.165) is 10.9 Å². The number of imidazole rings is 1. The predicted octanol–water partition coefficient (Wildman–Crippen LogP) is 0.974. The largest absolute Gasteiger partial charge is 0.508 e. The summed E-state index contributed by atoms with van der Waals surface area (Å²) in [5, 5.41) is 27.0. The van der Waals surface area contributed by atoms with Gasteiger partial charge in [-0.15, -0.1) is 0 Å². The van der Waals surface area contributed by atoms with Crippen molar-refractivity contribution in [3.8, 4) is 11.4 Å². The van der Waals surface area contributed by atoms with Crippen LogP contribution in [-0.2, 0) is 0 Å². The Bertz CT molecular complexity index is 615. The fourth-order valence-electron chi connectivity index (χ4n) is 1.52. The number of rotatable bonds is 3. The van der Waals surface area contributed by atoms with Crippen LogP contribution in [0.5, 0.6) is 5.75 Å². The van der Waals surface area contributed by atoms with Crippen molar-refractivity contribution in [1.82, 2.24) is 9.55 Å². The highest BCUT2D eigenvalue weighted by atomic mass is 16.4. The van der Waals surface area contributed by atoms with Crippen molar-refractivity contribution in [3.63, 3.8) is 0 Å². The second kappa shape index (κ2) is 4.21. The molecule has 1 aromatic heterocycles. The number of hydrogen-bond donors (Lipinski definition) is 3. The van der Waals surface area contributed by atoms with E-state index in [0.29, 0.717) is 5.69 Å². The Labute approximate surface area is 101 Å². The Morgan fingerprint density at radius 2 is 1.67 bits per heavy atom. The molecule has 0 spiro atoms. The summed E-state index contributed by atoms with van der Waals surface area (Å²) >= 11 is 0. The predicted molar refractivity (Wildman–Crippen MR) is 59.1 cm³/mol. The van der Waals surface area contributed by atoms with Gasteiger partial charge in [0.25, 0.3) is 0 Å². The zero-order chi connectivity index (χ0) is 13.3. The second-order valence-electron chi connectivity index (χ2n) is 3.44. The molecule has 2 aromatic rings. The third kappa shape index (κ3) is 1.88. The van der Waals surface area contributed by atoms with E-state index in [2.05, 4.69) is 4.98 Å². The number of aromatic carboxylic acids is 2. The number of benzene rings is 1. The van der Waals surface area contributed by atoms with Gasteiger partial charge < -0.3 is 15.3 Å². The summed E-state index contributed by atoms with van der Waals surface area (Å²) in [6.45, 7) is 0. The molecule has 7 heteroatoms. The number of phenolic OH excluding ortho intramolecular Hbond substituents is 1. The number of phenols is 1. The van der Waals surface area contributed by atoms with Gasteiger partial charge >= 0.3 is 11.9 Å². The molecule has 1 heterocycles. The van der Waals surface area contributed by atoms with Gasteiger partial charge in [-0.3, -0.25) is 4.57 Å². The summed E-state index contributed by atoms with van der Waals surface area (Å²) in [5.41, 5.74) is -0.575. The molecule has 3 N–H and O–H groups in total. The molecular formula is C11H8N2O5. The molecule has 0 unspecified atom stereocenters. The molecule has 0 saturated heterocycles. The number of carbonyl (C=O) groups is 2. The molecular weight excluding hydrogens is 240 g/mol. The fourth-order valence-corrected chi connectivity index (χ4v) is 1.52. The van der Waals surface area contributed by atoms with E-state index < -0.39 is 23.3 Å². The van der Waals surface area contributed by atoms with Crippen molar-refractivity contribution in [2.75, 3.05) is 0 Å². The number of carboxylic acids is 2. The standard InChI is InChI=1S/C11H8N2O5/c14-7-3-1-6(2-4-7)13-5-12-8(10(15)16)9(13)11(17)18/h1-5,14H,(H,15,16)(H,17,18). The third-order valence-corrected chi connectivity index (χ3v) is 2.30. The van der Waals surface area contributed by atoms with Crippen LogP contribution in [0.15, 0.2) is 30.6 Å². The molecule has 2 rings (SSSR count). The van der Waals surface area contributed by atoms with Crippen LogP contribution in [0.25, 0.3) is 5.69 Å². The lowest BCUT2D eigenvalue weighted by atomic mass is 10.2. The van der Waals surface area contributed by atoms with E-state index in [4.69, 9.17) is 15.3 Å². The maximum atomic E-state index is 11.1. The number of carboxylic acid groups (broad SMARTS) is 2. The van der Waals surface area contributed by atoms with Crippen LogP contribution < -0.4 is 0 Å². The van der Waals surface area contributed by atoms with Crippen molar-refractivity contribution in [2.24, 2.45) is 0 Å². The summed E-state index contributed by atoms with van der Waals surface area (Å²) in [6.07, 6.45) is 1.11. The molecule has 0 amide bonds.